The summed E-state index contributed by atoms with van der Waals surface area (Å²) in [4.78, 5) is 30.5. The summed E-state index contributed by atoms with van der Waals surface area (Å²) in [6.45, 7) is 7.74. The summed E-state index contributed by atoms with van der Waals surface area (Å²) < 4.78 is 0. The van der Waals surface area contributed by atoms with E-state index in [0.717, 1.165) is 47.2 Å². The third-order valence-electron chi connectivity index (χ3n) is 6.49. The first-order valence-corrected chi connectivity index (χ1v) is 11.0. The average molecular weight is 419 g/mol. The van der Waals surface area contributed by atoms with Crippen LogP contribution in [0.5, 0.6) is 0 Å². The smallest absolute Gasteiger partial charge is 0.278 e. The predicted octanol–water partition coefficient (Wildman–Crippen LogP) is 3.60. The molecule has 0 bridgehead atoms. The number of carbonyl (C=O) groups is 2. The molecule has 0 radical (unpaired) electrons. The van der Waals surface area contributed by atoms with Gasteiger partial charge in [0, 0.05) is 19.7 Å². The second-order valence-corrected chi connectivity index (χ2v) is 8.84. The van der Waals surface area contributed by atoms with Crippen molar-refractivity contribution in [1.82, 2.24) is 9.80 Å². The number of carbonyl (C=O) groups excluding carboxylic acids is 2. The van der Waals surface area contributed by atoms with Gasteiger partial charge in [-0.2, -0.15) is 0 Å². The number of piperidine rings is 1. The van der Waals surface area contributed by atoms with Gasteiger partial charge in [0.25, 0.3) is 11.8 Å². The Labute approximate surface area is 184 Å². The number of imide groups is 1. The van der Waals surface area contributed by atoms with Crippen LogP contribution in [-0.2, 0) is 16.1 Å². The maximum atomic E-state index is 13.6. The molecule has 0 aromatic heterocycles. The van der Waals surface area contributed by atoms with Crippen molar-refractivity contribution in [1.29, 1.82) is 0 Å². The van der Waals surface area contributed by atoms with Crippen molar-refractivity contribution in [3.8, 4) is 0 Å². The van der Waals surface area contributed by atoms with Crippen LogP contribution >= 0.6 is 0 Å². The second-order valence-electron chi connectivity index (χ2n) is 8.84. The molecule has 0 saturated carbocycles. The fraction of sp³-hybridized carbons (Fsp3) is 0.385. The van der Waals surface area contributed by atoms with Crippen molar-refractivity contribution in [2.24, 2.45) is 5.92 Å². The Morgan fingerprint density at radius 3 is 2.39 bits per heavy atom. The van der Waals surface area contributed by atoms with E-state index in [0.29, 0.717) is 17.8 Å². The van der Waals surface area contributed by atoms with Crippen LogP contribution in [0.25, 0.3) is 5.57 Å². The number of rotatable bonds is 5. The molecule has 5 heteroatoms. The van der Waals surface area contributed by atoms with E-state index in [1.807, 2.05) is 68.1 Å². The Kier molecular flexibility index (Phi) is 5.96. The Morgan fingerprint density at radius 2 is 1.71 bits per heavy atom. The topological polar surface area (TPSA) is 60.9 Å². The Hall–Kier alpha value is -2.92. The minimum atomic E-state index is -0.241. The second kappa shape index (κ2) is 8.67. The largest absolute Gasteiger partial charge is 0.396 e. The van der Waals surface area contributed by atoms with Crippen LogP contribution in [0.2, 0.25) is 0 Å². The normalized spacial score (nSPS) is 19.5. The van der Waals surface area contributed by atoms with Gasteiger partial charge in [0.15, 0.2) is 0 Å². The zero-order valence-corrected chi connectivity index (χ0v) is 18.5. The minimum Gasteiger partial charge on any atom is -0.396 e. The lowest BCUT2D eigenvalue weighted by Crippen LogP contribution is -2.40. The van der Waals surface area contributed by atoms with E-state index in [2.05, 4.69) is 0 Å². The molecule has 1 N–H and O–H groups in total. The van der Waals surface area contributed by atoms with Crippen LogP contribution in [0, 0.1) is 26.7 Å². The van der Waals surface area contributed by atoms with Crippen LogP contribution in [0.15, 0.2) is 48.2 Å². The molecule has 4 rings (SSSR count). The zero-order chi connectivity index (χ0) is 22.1. The fourth-order valence-electron chi connectivity index (χ4n) is 4.45. The average Bonchev–Trinajstić information content (AvgIpc) is 3.02. The van der Waals surface area contributed by atoms with E-state index in [-0.39, 0.29) is 30.9 Å². The number of hydrogen-bond acceptors (Lipinski definition) is 4. The van der Waals surface area contributed by atoms with Gasteiger partial charge in [-0.25, -0.2) is 0 Å². The standard InChI is InChI=1S/C26H30N2O3/c1-17-6-9-20(10-7-17)15-28-25(30)23(22-11-8-18(2)19(3)13-22)24(26(28)31)27-12-4-5-21(14-27)16-29/h6-11,13,21,29H,4-5,12,14-16H2,1-3H3. The lowest BCUT2D eigenvalue weighted by atomic mass is 9.96. The molecule has 2 amide bonds. The molecule has 1 fully saturated rings. The SMILES string of the molecule is Cc1ccc(CN2C(=O)C(c3ccc(C)c(C)c3)=C(N3CCCC(CO)C3)C2=O)cc1. The maximum Gasteiger partial charge on any atom is 0.278 e. The molecule has 0 spiro atoms. The minimum absolute atomic E-state index is 0.0952. The summed E-state index contributed by atoms with van der Waals surface area (Å²) in [6.07, 6.45) is 1.84. The highest BCUT2D eigenvalue weighted by molar-refractivity contribution is 6.35. The lowest BCUT2D eigenvalue weighted by Gasteiger charge is -2.34. The van der Waals surface area contributed by atoms with Gasteiger partial charge in [0.2, 0.25) is 0 Å². The third kappa shape index (κ3) is 4.15. The quantitative estimate of drug-likeness (QED) is 0.754. The summed E-state index contributed by atoms with van der Waals surface area (Å²) in [7, 11) is 0. The first-order valence-electron chi connectivity index (χ1n) is 11.0. The molecule has 2 aromatic rings. The van der Waals surface area contributed by atoms with Crippen LogP contribution in [0.4, 0.5) is 0 Å². The molecule has 2 aromatic carbocycles. The molecule has 2 aliphatic rings. The van der Waals surface area contributed by atoms with Gasteiger partial charge in [-0.15, -0.1) is 0 Å². The Bertz CT molecular complexity index is 1040. The van der Waals surface area contributed by atoms with Crippen LogP contribution < -0.4 is 0 Å². The van der Waals surface area contributed by atoms with Gasteiger partial charge in [-0.05, 0) is 61.8 Å². The van der Waals surface area contributed by atoms with Crippen molar-refractivity contribution in [2.75, 3.05) is 19.7 Å². The lowest BCUT2D eigenvalue weighted by molar-refractivity contribution is -0.138. The van der Waals surface area contributed by atoms with E-state index < -0.39 is 0 Å². The number of aliphatic hydroxyl groups excluding tert-OH is 1. The molecule has 162 valence electrons. The monoisotopic (exact) mass is 418 g/mol. The highest BCUT2D eigenvalue weighted by Gasteiger charge is 2.42. The Balaban J connectivity index is 1.75. The third-order valence-corrected chi connectivity index (χ3v) is 6.49. The number of likely N-dealkylation sites (tertiary alicyclic amines) is 1. The fourth-order valence-corrected chi connectivity index (χ4v) is 4.45. The number of amides is 2. The molecule has 2 heterocycles. The predicted molar refractivity (Wildman–Crippen MR) is 121 cm³/mol. The van der Waals surface area contributed by atoms with Gasteiger partial charge in [0.05, 0.1) is 12.1 Å². The first-order chi connectivity index (χ1) is 14.9. The molecule has 5 nitrogen and oxygen atoms in total. The number of aryl methyl sites for hydroxylation is 3. The summed E-state index contributed by atoms with van der Waals surface area (Å²) in [6, 6.07) is 13.9. The van der Waals surface area contributed by atoms with E-state index in [1.54, 1.807) is 0 Å². The molecule has 1 atom stereocenters. The van der Waals surface area contributed by atoms with Crippen LogP contribution in [-0.4, -0.2) is 46.4 Å². The zero-order valence-electron chi connectivity index (χ0n) is 18.5. The molecule has 2 aliphatic heterocycles. The van der Waals surface area contributed by atoms with Crippen LogP contribution in [0.3, 0.4) is 0 Å². The number of benzene rings is 2. The maximum absolute atomic E-state index is 13.6. The van der Waals surface area contributed by atoms with E-state index in [4.69, 9.17) is 0 Å². The molecule has 1 saturated heterocycles. The van der Waals surface area contributed by atoms with Gasteiger partial charge in [-0.3, -0.25) is 14.5 Å². The van der Waals surface area contributed by atoms with Crippen molar-refractivity contribution in [3.63, 3.8) is 0 Å². The van der Waals surface area contributed by atoms with E-state index in [1.165, 1.54) is 4.90 Å². The Morgan fingerprint density at radius 1 is 0.968 bits per heavy atom. The highest BCUT2D eigenvalue weighted by Crippen LogP contribution is 2.35. The first kappa shape index (κ1) is 21.3. The van der Waals surface area contributed by atoms with Crippen molar-refractivity contribution in [2.45, 2.75) is 40.2 Å². The van der Waals surface area contributed by atoms with Crippen LogP contribution in [0.1, 0.15) is 40.7 Å². The van der Waals surface area contributed by atoms with E-state index >= 15 is 0 Å². The molecular weight excluding hydrogens is 388 g/mol. The summed E-state index contributed by atoms with van der Waals surface area (Å²) in [5, 5.41) is 9.68. The summed E-state index contributed by atoms with van der Waals surface area (Å²) in [5.74, 6) is -0.358. The highest BCUT2D eigenvalue weighted by atomic mass is 16.3. The summed E-state index contributed by atoms with van der Waals surface area (Å²) in [5.41, 5.74) is 6.07. The van der Waals surface area contributed by atoms with Gasteiger partial charge in [0.1, 0.15) is 5.70 Å². The van der Waals surface area contributed by atoms with Gasteiger partial charge >= 0.3 is 0 Å². The van der Waals surface area contributed by atoms with E-state index in [9.17, 15) is 14.7 Å². The number of nitrogens with zero attached hydrogens (tertiary/aromatic N) is 2. The number of aliphatic hydroxyl groups is 1. The van der Waals surface area contributed by atoms with Gasteiger partial charge in [-0.1, -0.05) is 48.0 Å². The number of hydrogen-bond donors (Lipinski definition) is 1. The molecule has 31 heavy (non-hydrogen) atoms. The van der Waals surface area contributed by atoms with Crippen molar-refractivity contribution in [3.05, 3.63) is 76.0 Å². The van der Waals surface area contributed by atoms with Crippen molar-refractivity contribution < 1.29 is 14.7 Å². The van der Waals surface area contributed by atoms with Crippen molar-refractivity contribution >= 4 is 17.4 Å². The molecule has 1 unspecified atom stereocenters. The summed E-state index contributed by atoms with van der Waals surface area (Å²) >= 11 is 0. The molecule has 0 aliphatic carbocycles. The van der Waals surface area contributed by atoms with Gasteiger partial charge < -0.3 is 10.0 Å². The molecular formula is C26H30N2O3.